The van der Waals surface area contributed by atoms with E-state index in [1.54, 1.807) is 0 Å². The van der Waals surface area contributed by atoms with E-state index in [1.165, 1.54) is 44.5 Å². The molecule has 4 aliphatic rings. The van der Waals surface area contributed by atoms with Crippen LogP contribution in [-0.2, 0) is 10.8 Å². The van der Waals surface area contributed by atoms with E-state index in [9.17, 15) is 0 Å². The fraction of sp³-hybridized carbons (Fsp3) is 0.0769. The van der Waals surface area contributed by atoms with Gasteiger partial charge in [-0.3, -0.25) is 0 Å². The normalized spacial score (nSPS) is 20.8. The summed E-state index contributed by atoms with van der Waals surface area (Å²) in [7, 11) is 0. The number of anilines is 6. The molecule has 6 unspecified atom stereocenters. The molecule has 0 aliphatic heterocycles. The standard InChI is InChI=1S/C78H60N2/c1-3-55-33-41-61(42-34-55)77(59-21-9-5-10-22-59)73-31-19-17-29-69(73)71-51-49-67(53-75(71)77)79(63-25-13-7-14-26-63)65-45-37-57(38-46-65)58-39-47-66(48-40-58)80(64-27-15-8-16-28-64)68-50-52-72-70-30-18-20-32-74(70)78(76(72)54-68,60-23-11-6-12-24-60)62-43-35-56(4-2)36-44-62/h3-54,69-70,73-74H,1-2H2. The lowest BCUT2D eigenvalue weighted by molar-refractivity contribution is 0.457. The van der Waals surface area contributed by atoms with Crippen molar-refractivity contribution >= 4 is 46.3 Å². The fourth-order valence-corrected chi connectivity index (χ4v) is 14.2. The molecule has 6 atom stereocenters. The molecule has 2 heteroatoms. The maximum atomic E-state index is 4.08. The molecule has 10 aromatic rings. The van der Waals surface area contributed by atoms with E-state index in [1.807, 2.05) is 12.2 Å². The van der Waals surface area contributed by atoms with E-state index in [2.05, 4.69) is 326 Å². The Kier molecular flexibility index (Phi) is 12.3. The number of allylic oxidation sites excluding steroid dienone is 8. The summed E-state index contributed by atoms with van der Waals surface area (Å²) in [5.41, 5.74) is 20.9. The van der Waals surface area contributed by atoms with Gasteiger partial charge in [0.1, 0.15) is 0 Å². The Hall–Kier alpha value is -9.76. The van der Waals surface area contributed by atoms with Crippen LogP contribution >= 0.6 is 0 Å². The molecule has 0 heterocycles. The maximum Gasteiger partial charge on any atom is 0.0526 e. The van der Waals surface area contributed by atoms with Gasteiger partial charge < -0.3 is 9.80 Å². The summed E-state index contributed by atoms with van der Waals surface area (Å²) < 4.78 is 0. The maximum absolute atomic E-state index is 4.08. The molecule has 0 radical (unpaired) electrons. The average molecular weight is 1030 g/mol. The second kappa shape index (κ2) is 20.2. The highest BCUT2D eigenvalue weighted by Crippen LogP contribution is 2.62. The molecular formula is C78H60N2. The van der Waals surface area contributed by atoms with Gasteiger partial charge in [-0.2, -0.15) is 0 Å². The van der Waals surface area contributed by atoms with Gasteiger partial charge in [0.25, 0.3) is 0 Å². The zero-order valence-corrected chi connectivity index (χ0v) is 44.6. The second-order valence-electron chi connectivity index (χ2n) is 21.6. The van der Waals surface area contributed by atoms with Crippen LogP contribution in [0, 0.1) is 11.8 Å². The van der Waals surface area contributed by atoms with Crippen LogP contribution in [0.2, 0.25) is 0 Å². The molecule has 0 N–H and O–H groups in total. The Balaban J connectivity index is 0.842. The van der Waals surface area contributed by atoms with Crippen molar-refractivity contribution in [2.24, 2.45) is 11.8 Å². The van der Waals surface area contributed by atoms with E-state index in [0.29, 0.717) is 0 Å². The first-order valence-electron chi connectivity index (χ1n) is 28.0. The van der Waals surface area contributed by atoms with Crippen LogP contribution in [-0.4, -0.2) is 0 Å². The number of hydrogen-bond donors (Lipinski definition) is 0. The largest absolute Gasteiger partial charge is 0.310 e. The highest BCUT2D eigenvalue weighted by molar-refractivity contribution is 5.83. The Bertz CT molecular complexity index is 3760. The van der Waals surface area contributed by atoms with Crippen LogP contribution in [0.1, 0.15) is 67.5 Å². The van der Waals surface area contributed by atoms with E-state index >= 15 is 0 Å². The molecule has 80 heavy (non-hydrogen) atoms. The predicted octanol–water partition coefficient (Wildman–Crippen LogP) is 19.9. The van der Waals surface area contributed by atoms with Crippen molar-refractivity contribution in [2.75, 3.05) is 9.80 Å². The van der Waals surface area contributed by atoms with Crippen LogP contribution in [0.3, 0.4) is 0 Å². The predicted molar refractivity (Wildman–Crippen MR) is 336 cm³/mol. The highest BCUT2D eigenvalue weighted by atomic mass is 15.1. The third-order valence-corrected chi connectivity index (χ3v) is 17.7. The topological polar surface area (TPSA) is 6.48 Å². The van der Waals surface area contributed by atoms with Crippen LogP contribution in [0.5, 0.6) is 0 Å². The summed E-state index contributed by atoms with van der Waals surface area (Å²) in [4.78, 5) is 4.83. The average Bonchev–Trinajstić information content (AvgIpc) is 3.32. The van der Waals surface area contributed by atoms with Crippen molar-refractivity contribution in [2.45, 2.75) is 22.7 Å². The lowest BCUT2D eigenvalue weighted by Gasteiger charge is -2.39. The minimum absolute atomic E-state index is 0.198. The van der Waals surface area contributed by atoms with Crippen molar-refractivity contribution in [3.8, 4) is 11.1 Å². The number of hydrogen-bond acceptors (Lipinski definition) is 2. The number of para-hydroxylation sites is 2. The molecule has 0 spiro atoms. The Morgan fingerprint density at radius 2 is 0.613 bits per heavy atom. The minimum Gasteiger partial charge on any atom is -0.310 e. The van der Waals surface area contributed by atoms with Gasteiger partial charge in [0.15, 0.2) is 0 Å². The first-order valence-corrected chi connectivity index (χ1v) is 28.0. The number of nitrogens with zero attached hydrogens (tertiary/aromatic N) is 2. The van der Waals surface area contributed by atoms with E-state index in [-0.39, 0.29) is 23.7 Å². The summed E-state index contributed by atoms with van der Waals surface area (Å²) in [6.07, 6.45) is 22.5. The molecule has 382 valence electrons. The summed E-state index contributed by atoms with van der Waals surface area (Å²) in [5.74, 6) is 0.863. The first kappa shape index (κ1) is 48.6. The van der Waals surface area contributed by atoms with Crippen LogP contribution in [0.25, 0.3) is 23.3 Å². The van der Waals surface area contributed by atoms with Crippen LogP contribution < -0.4 is 9.80 Å². The summed E-state index contributed by atoms with van der Waals surface area (Å²) in [6.45, 7) is 8.17. The van der Waals surface area contributed by atoms with Crippen molar-refractivity contribution in [3.63, 3.8) is 0 Å². The summed E-state index contributed by atoms with van der Waals surface area (Å²) in [5, 5.41) is 0. The lowest BCUT2D eigenvalue weighted by atomic mass is 9.63. The van der Waals surface area contributed by atoms with Gasteiger partial charge in [-0.1, -0.05) is 256 Å². The van der Waals surface area contributed by atoms with Crippen LogP contribution in [0.4, 0.5) is 34.1 Å². The van der Waals surface area contributed by atoms with Crippen molar-refractivity contribution in [3.05, 3.63) is 372 Å². The molecule has 4 aliphatic carbocycles. The van der Waals surface area contributed by atoms with Gasteiger partial charge in [0, 0.05) is 57.8 Å². The third kappa shape index (κ3) is 7.85. The summed E-state index contributed by atoms with van der Waals surface area (Å²) in [6, 6.07) is 94.6. The molecule has 2 nitrogen and oxygen atoms in total. The molecule has 14 rings (SSSR count). The molecule has 0 saturated carbocycles. The Morgan fingerprint density at radius 1 is 0.300 bits per heavy atom. The second-order valence-corrected chi connectivity index (χ2v) is 21.6. The van der Waals surface area contributed by atoms with Crippen molar-refractivity contribution in [1.29, 1.82) is 0 Å². The number of rotatable bonds is 13. The zero-order chi connectivity index (χ0) is 53.6. The SMILES string of the molecule is C=Cc1ccc(C2(c3ccccc3)c3cc(N(c4ccccc4)c4ccc(-c5ccc(N(c6ccccc6)c6ccc7c(c6)C(c6ccccc6)(c6ccc(C=C)cc6)C6C=CC=CC76)cc5)cc4)ccc3C3C=CC=CC32)cc1. The molecule has 0 amide bonds. The Morgan fingerprint density at radius 3 is 0.975 bits per heavy atom. The zero-order valence-electron chi connectivity index (χ0n) is 44.6. The monoisotopic (exact) mass is 1020 g/mol. The molecule has 0 fully saturated rings. The summed E-state index contributed by atoms with van der Waals surface area (Å²) >= 11 is 0. The van der Waals surface area contributed by atoms with E-state index in [0.717, 1.165) is 56.4 Å². The minimum atomic E-state index is -0.425. The highest BCUT2D eigenvalue weighted by Gasteiger charge is 2.54. The third-order valence-electron chi connectivity index (χ3n) is 17.7. The first-order chi connectivity index (χ1) is 39.6. The van der Waals surface area contributed by atoms with Crippen molar-refractivity contribution in [1.82, 2.24) is 0 Å². The van der Waals surface area contributed by atoms with Gasteiger partial charge in [-0.05, 0) is 140 Å². The number of benzene rings is 10. The molecule has 0 bridgehead atoms. The number of fused-ring (bicyclic) bond motifs is 6. The molecule has 0 saturated heterocycles. The van der Waals surface area contributed by atoms with Gasteiger partial charge in [-0.15, -0.1) is 0 Å². The van der Waals surface area contributed by atoms with Gasteiger partial charge >= 0.3 is 0 Å². The van der Waals surface area contributed by atoms with E-state index < -0.39 is 10.8 Å². The van der Waals surface area contributed by atoms with E-state index in [4.69, 9.17) is 0 Å². The molecular weight excluding hydrogens is 965 g/mol. The molecule has 0 aromatic heterocycles. The lowest BCUT2D eigenvalue weighted by Crippen LogP contribution is -2.35. The van der Waals surface area contributed by atoms with Crippen molar-refractivity contribution < 1.29 is 0 Å². The van der Waals surface area contributed by atoms with Gasteiger partial charge in [-0.25, -0.2) is 0 Å². The smallest absolute Gasteiger partial charge is 0.0526 e. The molecule has 10 aromatic carbocycles. The van der Waals surface area contributed by atoms with Crippen LogP contribution in [0.15, 0.2) is 317 Å². The Labute approximate surface area is 471 Å². The fourth-order valence-electron chi connectivity index (χ4n) is 14.2. The quantitative estimate of drug-likeness (QED) is 0.114. The van der Waals surface area contributed by atoms with Gasteiger partial charge in [0.2, 0.25) is 0 Å². The van der Waals surface area contributed by atoms with Gasteiger partial charge in [0.05, 0.1) is 10.8 Å².